The lowest BCUT2D eigenvalue weighted by atomic mass is 10.5. The summed E-state index contributed by atoms with van der Waals surface area (Å²) in [6.45, 7) is 1.48. The van der Waals surface area contributed by atoms with Gasteiger partial charge in [0, 0.05) is 6.92 Å². The zero-order valence-corrected chi connectivity index (χ0v) is 7.63. The Balaban J connectivity index is 4.15. The topological polar surface area (TPSA) is 66.4 Å². The highest BCUT2D eigenvalue weighted by atomic mass is 16.3. The predicted octanol–water partition coefficient (Wildman–Crippen LogP) is -0.689. The lowest BCUT2D eigenvalue weighted by Crippen LogP contribution is -2.53. The van der Waals surface area contributed by atoms with Gasteiger partial charge in [0.1, 0.15) is 6.54 Å². The van der Waals surface area contributed by atoms with E-state index in [1.807, 2.05) is 0 Å². The van der Waals surface area contributed by atoms with Gasteiger partial charge in [0.15, 0.2) is 0 Å². The van der Waals surface area contributed by atoms with Gasteiger partial charge in [0.25, 0.3) is 0 Å². The van der Waals surface area contributed by atoms with Crippen LogP contribution in [-0.2, 0) is 4.79 Å². The molecule has 0 radical (unpaired) electrons. The average molecular weight is 175 g/mol. The highest BCUT2D eigenvalue weighted by molar-refractivity contribution is 5.89. The Labute approximate surface area is 71.6 Å². The zero-order chi connectivity index (χ0) is 9.78. The summed E-state index contributed by atoms with van der Waals surface area (Å²) in [5, 5.41) is 10.8. The van der Waals surface area contributed by atoms with E-state index < -0.39 is 6.03 Å². The van der Waals surface area contributed by atoms with E-state index in [2.05, 4.69) is 5.32 Å². The second kappa shape index (κ2) is 4.18. The van der Waals surface area contributed by atoms with Crippen LogP contribution in [0, 0.1) is 0 Å². The van der Waals surface area contributed by atoms with Gasteiger partial charge in [-0.2, -0.15) is 0 Å². The number of aliphatic hydroxyl groups excluding tert-OH is 1. The Bertz CT molecular complexity index is 189. The highest BCUT2D eigenvalue weighted by Gasteiger charge is 2.26. The lowest BCUT2D eigenvalue weighted by molar-refractivity contribution is -0.809. The molecule has 0 spiro atoms. The summed E-state index contributed by atoms with van der Waals surface area (Å²) in [5.74, 6) is -0.385. The molecule has 3 amide bonds. The van der Waals surface area contributed by atoms with Gasteiger partial charge in [-0.3, -0.25) is 4.79 Å². The number of amides is 3. The van der Waals surface area contributed by atoms with Crippen LogP contribution in [0.25, 0.3) is 0 Å². The molecule has 2 N–H and O–H groups in total. The maximum Gasteiger partial charge on any atom is 0.422 e. The molecule has 0 atom stereocenters. The number of hydrogen-bond donors (Lipinski definition) is 2. The second-order valence-electron chi connectivity index (χ2n) is 3.12. The molecule has 5 heteroatoms. The van der Waals surface area contributed by atoms with Crippen LogP contribution in [0.15, 0.2) is 0 Å². The van der Waals surface area contributed by atoms with E-state index in [1.165, 1.54) is 6.92 Å². The van der Waals surface area contributed by atoms with Crippen LogP contribution in [0.2, 0.25) is 0 Å². The van der Waals surface area contributed by atoms with Gasteiger partial charge in [0.2, 0.25) is 5.91 Å². The molecule has 0 aliphatic rings. The number of imide groups is 1. The summed E-state index contributed by atoms with van der Waals surface area (Å²) < 4.78 is -0.0456. The van der Waals surface area contributed by atoms with E-state index in [0.717, 1.165) is 0 Å². The van der Waals surface area contributed by atoms with Crippen LogP contribution < -0.4 is 5.32 Å². The predicted molar refractivity (Wildman–Crippen MR) is 43.3 cm³/mol. The van der Waals surface area contributed by atoms with E-state index >= 15 is 0 Å². The second-order valence-corrected chi connectivity index (χ2v) is 3.12. The Morgan fingerprint density at radius 3 is 2.25 bits per heavy atom. The quantitative estimate of drug-likeness (QED) is 0.546. The van der Waals surface area contributed by atoms with Gasteiger partial charge in [-0.1, -0.05) is 0 Å². The highest BCUT2D eigenvalue weighted by Crippen LogP contribution is 1.96. The molecule has 0 fully saturated rings. The number of urea groups is 1. The van der Waals surface area contributed by atoms with Crippen molar-refractivity contribution in [2.45, 2.75) is 6.92 Å². The number of likely N-dealkylation sites (N-methyl/N-ethyl adjacent to an activating group) is 1. The Morgan fingerprint density at radius 1 is 1.42 bits per heavy atom. The summed E-state index contributed by atoms with van der Waals surface area (Å²) >= 11 is 0. The standard InChI is InChI=1S/C7H14N2O3/c1-6(11)8-7(12)9(2,3)4-5-10/h10H,4-5H2,1-3H3/p+1. The zero-order valence-electron chi connectivity index (χ0n) is 7.63. The number of nitrogens with one attached hydrogen (secondary N) is 1. The Kier molecular flexibility index (Phi) is 3.85. The number of carbonyl (C=O) groups is 2. The minimum Gasteiger partial charge on any atom is -0.390 e. The molecular weight excluding hydrogens is 160 g/mol. The van der Waals surface area contributed by atoms with Gasteiger partial charge in [-0.15, -0.1) is 0 Å². The monoisotopic (exact) mass is 175 g/mol. The summed E-state index contributed by atoms with van der Waals surface area (Å²) in [6, 6.07) is -0.406. The SMILES string of the molecule is CC(=O)NC(=O)[N+](C)(C)CCO. The van der Waals surface area contributed by atoms with Gasteiger partial charge in [0.05, 0.1) is 20.7 Å². The van der Waals surface area contributed by atoms with Gasteiger partial charge in [-0.05, 0) is 0 Å². The van der Waals surface area contributed by atoms with Crippen molar-refractivity contribution in [1.82, 2.24) is 5.32 Å². The van der Waals surface area contributed by atoms with Crippen molar-refractivity contribution in [3.8, 4) is 0 Å². The van der Waals surface area contributed by atoms with Crippen LogP contribution in [0.4, 0.5) is 4.79 Å². The normalized spacial score (nSPS) is 11.0. The van der Waals surface area contributed by atoms with Crippen LogP contribution in [0.3, 0.4) is 0 Å². The maximum atomic E-state index is 11.2. The third-order valence-corrected chi connectivity index (χ3v) is 1.49. The summed E-state index contributed by atoms with van der Waals surface area (Å²) in [7, 11) is 3.24. The van der Waals surface area contributed by atoms with Gasteiger partial charge >= 0.3 is 6.03 Å². The molecule has 0 unspecified atom stereocenters. The van der Waals surface area contributed by atoms with Crippen molar-refractivity contribution >= 4 is 11.9 Å². The van der Waals surface area contributed by atoms with Crippen molar-refractivity contribution in [2.75, 3.05) is 27.2 Å². The largest absolute Gasteiger partial charge is 0.422 e. The average Bonchev–Trinajstić information content (AvgIpc) is 1.85. The molecule has 12 heavy (non-hydrogen) atoms. The van der Waals surface area contributed by atoms with E-state index in [0.29, 0.717) is 6.54 Å². The molecule has 0 aromatic carbocycles. The first-order chi connectivity index (χ1) is 5.40. The molecule has 5 nitrogen and oxygen atoms in total. The van der Waals surface area contributed by atoms with E-state index in [4.69, 9.17) is 5.11 Å². The minimum absolute atomic E-state index is 0.0456. The molecule has 0 heterocycles. The smallest absolute Gasteiger partial charge is 0.390 e. The van der Waals surface area contributed by atoms with Crippen molar-refractivity contribution in [3.05, 3.63) is 0 Å². The van der Waals surface area contributed by atoms with E-state index in [-0.39, 0.29) is 17.0 Å². The van der Waals surface area contributed by atoms with Crippen LogP contribution in [0.1, 0.15) is 6.92 Å². The van der Waals surface area contributed by atoms with E-state index in [9.17, 15) is 9.59 Å². The maximum absolute atomic E-state index is 11.2. The van der Waals surface area contributed by atoms with Crippen molar-refractivity contribution < 1.29 is 19.2 Å². The molecule has 0 aliphatic heterocycles. The third kappa shape index (κ3) is 3.45. The molecule has 0 saturated carbocycles. The molecule has 70 valence electrons. The van der Waals surface area contributed by atoms with Crippen molar-refractivity contribution in [1.29, 1.82) is 0 Å². The van der Waals surface area contributed by atoms with Crippen LogP contribution >= 0.6 is 0 Å². The molecule has 0 aliphatic carbocycles. The van der Waals surface area contributed by atoms with Gasteiger partial charge < -0.3 is 5.11 Å². The number of aliphatic hydroxyl groups is 1. The first kappa shape index (κ1) is 11.1. The summed E-state index contributed by atoms with van der Waals surface area (Å²) in [6.07, 6.45) is 0. The molecule has 0 bridgehead atoms. The number of carbonyl (C=O) groups excluding carboxylic acids is 2. The molecule has 0 rings (SSSR count). The summed E-state index contributed by atoms with van der Waals surface area (Å²) in [4.78, 5) is 21.7. The minimum atomic E-state index is -0.406. The first-order valence-electron chi connectivity index (χ1n) is 3.66. The number of nitrogens with zero attached hydrogens (tertiary/aromatic N) is 1. The third-order valence-electron chi connectivity index (χ3n) is 1.49. The fraction of sp³-hybridized carbons (Fsp3) is 0.714. The van der Waals surface area contributed by atoms with E-state index in [1.54, 1.807) is 14.1 Å². The van der Waals surface area contributed by atoms with Crippen molar-refractivity contribution in [3.63, 3.8) is 0 Å². The lowest BCUT2D eigenvalue weighted by Gasteiger charge is -2.24. The first-order valence-corrected chi connectivity index (χ1v) is 3.66. The molecule has 0 aromatic rings. The fourth-order valence-electron chi connectivity index (χ4n) is 0.653. The number of hydrogen-bond acceptors (Lipinski definition) is 3. The van der Waals surface area contributed by atoms with Gasteiger partial charge in [-0.25, -0.2) is 14.6 Å². The molecule has 0 saturated heterocycles. The Morgan fingerprint density at radius 2 is 1.92 bits per heavy atom. The molecular formula is C7H15N2O3+. The number of quaternary nitrogens is 1. The number of rotatable bonds is 2. The summed E-state index contributed by atoms with van der Waals surface area (Å²) in [5.41, 5.74) is 0. The fourth-order valence-corrected chi connectivity index (χ4v) is 0.653. The Hall–Kier alpha value is -0.940. The van der Waals surface area contributed by atoms with Crippen LogP contribution in [-0.4, -0.2) is 48.8 Å². The van der Waals surface area contributed by atoms with Crippen LogP contribution in [0.5, 0.6) is 0 Å². The molecule has 0 aromatic heterocycles. The van der Waals surface area contributed by atoms with Crippen molar-refractivity contribution in [2.24, 2.45) is 0 Å².